The van der Waals surface area contributed by atoms with Gasteiger partial charge in [0, 0.05) is 0 Å². The van der Waals surface area contributed by atoms with E-state index < -0.39 is 5.60 Å². The van der Waals surface area contributed by atoms with E-state index in [1.807, 2.05) is 6.92 Å². The first-order valence-corrected chi connectivity index (χ1v) is 5.83. The number of carbonyl (C=O) groups is 1. The normalized spacial score (nSPS) is 41.3. The third-order valence-corrected chi connectivity index (χ3v) is 4.28. The molecule has 2 fully saturated rings. The molecule has 1 saturated heterocycles. The van der Waals surface area contributed by atoms with Gasteiger partial charge < -0.3 is 9.47 Å². The van der Waals surface area contributed by atoms with Crippen molar-refractivity contribution < 1.29 is 14.3 Å². The number of ether oxygens (including phenoxy) is 2. The molecule has 86 valence electrons. The minimum absolute atomic E-state index is 0.226. The highest BCUT2D eigenvalue weighted by Gasteiger charge is 2.72. The molecule has 0 N–H and O–H groups in total. The topological polar surface area (TPSA) is 38.8 Å². The van der Waals surface area contributed by atoms with Crippen LogP contribution < -0.4 is 0 Å². The maximum Gasteiger partial charge on any atom is 0.340 e. The molecule has 2 atom stereocenters. The van der Waals surface area contributed by atoms with Crippen LogP contribution in [0.5, 0.6) is 0 Å². The van der Waals surface area contributed by atoms with Gasteiger partial charge in [0.05, 0.1) is 7.11 Å². The Morgan fingerprint density at radius 2 is 1.87 bits per heavy atom. The first-order chi connectivity index (χ1) is 7.04. The molecule has 15 heavy (non-hydrogen) atoms. The Bertz CT molecular complexity index is 270. The third-order valence-electron chi connectivity index (χ3n) is 4.28. The fourth-order valence-corrected chi connectivity index (χ4v) is 2.96. The molecule has 0 aromatic rings. The van der Waals surface area contributed by atoms with E-state index in [-0.39, 0.29) is 11.6 Å². The summed E-state index contributed by atoms with van der Waals surface area (Å²) in [7, 11) is 1.43. The van der Waals surface area contributed by atoms with Gasteiger partial charge in [0.2, 0.25) is 0 Å². The summed E-state index contributed by atoms with van der Waals surface area (Å²) in [5, 5.41) is 0. The van der Waals surface area contributed by atoms with Crippen LogP contribution in [-0.2, 0) is 14.3 Å². The molecule has 2 rings (SSSR count). The number of rotatable bonds is 2. The van der Waals surface area contributed by atoms with E-state index in [1.165, 1.54) is 39.2 Å². The van der Waals surface area contributed by atoms with Crippen molar-refractivity contribution in [3.05, 3.63) is 0 Å². The standard InChI is InChI=1S/C12H20O3/c1-11(9-7-5-4-6-8-9)12(2,15-11)10(13)14-3/h9H,4-8H2,1-3H3. The molecule has 2 unspecified atom stereocenters. The van der Waals surface area contributed by atoms with Crippen molar-refractivity contribution in [3.8, 4) is 0 Å². The second-order valence-electron chi connectivity index (χ2n) is 5.07. The fourth-order valence-electron chi connectivity index (χ4n) is 2.96. The average Bonchev–Trinajstić information content (AvgIpc) is 2.85. The van der Waals surface area contributed by atoms with Crippen LogP contribution in [-0.4, -0.2) is 24.3 Å². The molecule has 3 nitrogen and oxygen atoms in total. The molecule has 2 aliphatic rings. The molecule has 3 heteroatoms. The molecule has 0 aromatic carbocycles. The van der Waals surface area contributed by atoms with Crippen LogP contribution in [0.4, 0.5) is 0 Å². The zero-order chi connectivity index (χ0) is 11.1. The predicted octanol–water partition coefficient (Wildman–Crippen LogP) is 2.29. The van der Waals surface area contributed by atoms with E-state index in [2.05, 4.69) is 6.92 Å². The maximum atomic E-state index is 11.6. The number of carbonyl (C=O) groups excluding carboxylic acids is 1. The summed E-state index contributed by atoms with van der Waals surface area (Å²) in [5.41, 5.74) is -0.968. The number of epoxide rings is 1. The zero-order valence-corrected chi connectivity index (χ0v) is 9.84. The Labute approximate surface area is 91.1 Å². The summed E-state index contributed by atoms with van der Waals surface area (Å²) in [6.45, 7) is 3.91. The van der Waals surface area contributed by atoms with Crippen molar-refractivity contribution >= 4 is 5.97 Å². The largest absolute Gasteiger partial charge is 0.467 e. The van der Waals surface area contributed by atoms with Gasteiger partial charge >= 0.3 is 5.97 Å². The minimum Gasteiger partial charge on any atom is -0.467 e. The van der Waals surface area contributed by atoms with Crippen LogP contribution in [0.15, 0.2) is 0 Å². The van der Waals surface area contributed by atoms with Gasteiger partial charge in [-0.25, -0.2) is 4.79 Å². The van der Waals surface area contributed by atoms with Crippen molar-refractivity contribution in [2.45, 2.75) is 57.2 Å². The lowest BCUT2D eigenvalue weighted by atomic mass is 9.75. The molecule has 0 aromatic heterocycles. The van der Waals surface area contributed by atoms with Crippen molar-refractivity contribution in [1.29, 1.82) is 0 Å². The monoisotopic (exact) mass is 212 g/mol. The van der Waals surface area contributed by atoms with Crippen LogP contribution >= 0.6 is 0 Å². The summed E-state index contributed by atoms with van der Waals surface area (Å²) < 4.78 is 10.5. The van der Waals surface area contributed by atoms with Crippen molar-refractivity contribution in [2.75, 3.05) is 7.11 Å². The fraction of sp³-hybridized carbons (Fsp3) is 0.917. The Kier molecular flexibility index (Phi) is 2.53. The lowest BCUT2D eigenvalue weighted by Crippen LogP contribution is -2.36. The molecule has 1 aliphatic carbocycles. The number of methoxy groups -OCH3 is 1. The molecule has 1 saturated carbocycles. The predicted molar refractivity (Wildman–Crippen MR) is 56.5 cm³/mol. The summed E-state index contributed by atoms with van der Waals surface area (Å²) in [5.74, 6) is 0.297. The first-order valence-electron chi connectivity index (χ1n) is 5.83. The van der Waals surface area contributed by atoms with Gasteiger partial charge in [-0.05, 0) is 32.6 Å². The zero-order valence-electron chi connectivity index (χ0n) is 9.84. The van der Waals surface area contributed by atoms with Gasteiger partial charge in [-0.3, -0.25) is 0 Å². The van der Waals surface area contributed by atoms with Gasteiger partial charge in [0.15, 0.2) is 5.60 Å². The van der Waals surface area contributed by atoms with E-state index in [9.17, 15) is 4.79 Å². The van der Waals surface area contributed by atoms with Gasteiger partial charge in [-0.2, -0.15) is 0 Å². The molecular formula is C12H20O3. The minimum atomic E-state index is -0.691. The average molecular weight is 212 g/mol. The highest BCUT2D eigenvalue weighted by atomic mass is 16.7. The lowest BCUT2D eigenvalue weighted by Gasteiger charge is -2.26. The molecular weight excluding hydrogens is 192 g/mol. The van der Waals surface area contributed by atoms with E-state index in [0.29, 0.717) is 5.92 Å². The number of esters is 1. The van der Waals surface area contributed by atoms with E-state index >= 15 is 0 Å². The van der Waals surface area contributed by atoms with Gasteiger partial charge in [-0.15, -0.1) is 0 Å². The molecule has 0 spiro atoms. The van der Waals surface area contributed by atoms with Crippen molar-refractivity contribution in [2.24, 2.45) is 5.92 Å². The molecule has 1 heterocycles. The Hall–Kier alpha value is -0.570. The van der Waals surface area contributed by atoms with Crippen LogP contribution in [0.2, 0.25) is 0 Å². The Morgan fingerprint density at radius 3 is 2.40 bits per heavy atom. The van der Waals surface area contributed by atoms with Crippen molar-refractivity contribution in [1.82, 2.24) is 0 Å². The molecule has 0 amide bonds. The quantitative estimate of drug-likeness (QED) is 0.520. The smallest absolute Gasteiger partial charge is 0.340 e. The Balaban J connectivity index is 2.07. The van der Waals surface area contributed by atoms with E-state index in [4.69, 9.17) is 9.47 Å². The summed E-state index contributed by atoms with van der Waals surface area (Å²) >= 11 is 0. The van der Waals surface area contributed by atoms with Crippen LogP contribution in [0.25, 0.3) is 0 Å². The van der Waals surface area contributed by atoms with Crippen molar-refractivity contribution in [3.63, 3.8) is 0 Å². The van der Waals surface area contributed by atoms with Crippen LogP contribution in [0.3, 0.4) is 0 Å². The highest BCUT2D eigenvalue weighted by Crippen LogP contribution is 2.56. The van der Waals surface area contributed by atoms with Gasteiger partial charge in [0.25, 0.3) is 0 Å². The van der Waals surface area contributed by atoms with Gasteiger partial charge in [0.1, 0.15) is 5.60 Å². The Morgan fingerprint density at radius 1 is 1.27 bits per heavy atom. The first kappa shape index (κ1) is 10.9. The molecule has 0 bridgehead atoms. The number of hydrogen-bond donors (Lipinski definition) is 0. The lowest BCUT2D eigenvalue weighted by molar-refractivity contribution is -0.146. The second kappa shape index (κ2) is 3.48. The highest BCUT2D eigenvalue weighted by molar-refractivity contribution is 5.84. The number of hydrogen-bond acceptors (Lipinski definition) is 3. The second-order valence-corrected chi connectivity index (χ2v) is 5.07. The van der Waals surface area contributed by atoms with Crippen LogP contribution in [0.1, 0.15) is 46.0 Å². The SMILES string of the molecule is COC(=O)C1(C)OC1(C)C1CCCCC1. The van der Waals surface area contributed by atoms with E-state index in [1.54, 1.807) is 0 Å². The molecule has 0 radical (unpaired) electrons. The summed E-state index contributed by atoms with van der Waals surface area (Å²) in [6, 6.07) is 0. The summed E-state index contributed by atoms with van der Waals surface area (Å²) in [6.07, 6.45) is 6.22. The molecule has 1 aliphatic heterocycles. The maximum absolute atomic E-state index is 11.6. The van der Waals surface area contributed by atoms with E-state index in [0.717, 1.165) is 0 Å². The van der Waals surface area contributed by atoms with Gasteiger partial charge in [-0.1, -0.05) is 19.3 Å². The third kappa shape index (κ3) is 1.48. The summed E-state index contributed by atoms with van der Waals surface area (Å²) in [4.78, 5) is 11.6. The van der Waals surface area contributed by atoms with Crippen LogP contribution in [0, 0.1) is 5.92 Å².